The summed E-state index contributed by atoms with van der Waals surface area (Å²) in [4.78, 5) is 29.6. The molecule has 4 aromatic rings. The van der Waals surface area contributed by atoms with Crippen LogP contribution in [0, 0.1) is 29.9 Å². The standard InChI is InChI=1S/C35H33F3N6O3/c1-4-25-28(37)10-9-20-14-24(46)15-26(29(20)25)31-30(38)32-27(16-39-31)33(43-11-6-8-23(18-43)42(3)19(2)45)41-35(40-32)47-34-21-7-5-12-44(34)17-22(36)13-21/h1,9-11,14-16,21-23,34H,5-8,12-13,17-18H2,2-3H3/p+1/t21-,22-,23-,34+/m1/s1. The van der Waals surface area contributed by atoms with Gasteiger partial charge in [0, 0.05) is 61.5 Å². The number of fused-ring (bicyclic) bond motifs is 4. The van der Waals surface area contributed by atoms with Crippen LogP contribution in [-0.4, -0.2) is 91.7 Å². The number of carbonyl (C=O) groups is 1. The van der Waals surface area contributed by atoms with Crippen molar-refractivity contribution in [2.45, 2.75) is 57.5 Å². The topological polar surface area (TPSA) is 94.7 Å². The Bertz CT molecular complexity index is 1980. The fourth-order valence-electron chi connectivity index (χ4n) is 7.29. The van der Waals surface area contributed by atoms with Crippen LogP contribution in [0.2, 0.25) is 0 Å². The van der Waals surface area contributed by atoms with Crippen molar-refractivity contribution in [2.75, 3.05) is 26.7 Å². The first kappa shape index (κ1) is 30.9. The molecule has 5 atom stereocenters. The quantitative estimate of drug-likeness (QED) is 0.232. The second-order valence-electron chi connectivity index (χ2n) is 12.6. The molecule has 0 aliphatic carbocycles. The van der Waals surface area contributed by atoms with Crippen molar-refractivity contribution < 1.29 is 32.4 Å². The van der Waals surface area contributed by atoms with Gasteiger partial charge >= 0.3 is 11.8 Å². The number of nitrogens with zero attached hydrogens (tertiary/aromatic N) is 6. The molecule has 7 rings (SSSR count). The van der Waals surface area contributed by atoms with Crippen LogP contribution >= 0.6 is 0 Å². The summed E-state index contributed by atoms with van der Waals surface area (Å²) in [6.45, 7) is 2.81. The number of aromatic hydroxyl groups is 1. The van der Waals surface area contributed by atoms with Gasteiger partial charge in [0.15, 0.2) is 12.0 Å². The summed E-state index contributed by atoms with van der Waals surface area (Å²) in [5.41, 5.74) is -0.269. The van der Waals surface area contributed by atoms with Crippen LogP contribution in [0.3, 0.4) is 0 Å². The van der Waals surface area contributed by atoms with Gasteiger partial charge in [-0.25, -0.2) is 17.7 Å². The lowest BCUT2D eigenvalue weighted by molar-refractivity contribution is -0.451. The number of halogens is 3. The monoisotopic (exact) mass is 643 g/mol. The molecule has 0 spiro atoms. The highest BCUT2D eigenvalue weighted by Gasteiger charge is 2.42. The number of rotatable bonds is 5. The Morgan fingerprint density at radius 3 is 2.83 bits per heavy atom. The summed E-state index contributed by atoms with van der Waals surface area (Å²) in [7, 11) is 1.75. The summed E-state index contributed by atoms with van der Waals surface area (Å²) in [6.07, 6.45) is 11.1. The van der Waals surface area contributed by atoms with Gasteiger partial charge in [0.25, 0.3) is 0 Å². The van der Waals surface area contributed by atoms with Crippen molar-refractivity contribution in [2.24, 2.45) is 5.92 Å². The number of benzene rings is 2. The molecule has 2 aromatic heterocycles. The van der Waals surface area contributed by atoms with E-state index in [0.717, 1.165) is 19.3 Å². The summed E-state index contributed by atoms with van der Waals surface area (Å²) in [5.74, 6) is 0.879. The predicted octanol–water partition coefficient (Wildman–Crippen LogP) is 5.32. The smallest absolute Gasteiger partial charge is 0.436 e. The zero-order valence-electron chi connectivity index (χ0n) is 26.1. The zero-order valence-corrected chi connectivity index (χ0v) is 26.1. The van der Waals surface area contributed by atoms with Crippen molar-refractivity contribution in [1.82, 2.24) is 24.8 Å². The molecule has 47 heavy (non-hydrogen) atoms. The molecule has 2 saturated heterocycles. The highest BCUT2D eigenvalue weighted by atomic mass is 19.1. The average molecular weight is 644 g/mol. The lowest BCUT2D eigenvalue weighted by atomic mass is 9.86. The molecular formula is C35H34F3N6O3+. The lowest BCUT2D eigenvalue weighted by Crippen LogP contribution is -2.55. The van der Waals surface area contributed by atoms with Crippen molar-refractivity contribution in [1.29, 1.82) is 0 Å². The van der Waals surface area contributed by atoms with Crippen LogP contribution in [-0.2, 0) is 4.79 Å². The van der Waals surface area contributed by atoms with Crippen molar-refractivity contribution in [3.8, 4) is 35.4 Å². The van der Waals surface area contributed by atoms with Crippen LogP contribution in [0.4, 0.5) is 19.0 Å². The molecule has 1 unspecified atom stereocenters. The van der Waals surface area contributed by atoms with E-state index in [2.05, 4.69) is 15.9 Å². The second-order valence-corrected chi connectivity index (χ2v) is 12.6. The number of amides is 1. The van der Waals surface area contributed by atoms with E-state index in [1.807, 2.05) is 15.7 Å². The Labute approximate surface area is 269 Å². The molecular weight excluding hydrogens is 609 g/mol. The molecule has 0 saturated carbocycles. The number of pyridine rings is 1. The second kappa shape index (κ2) is 12.1. The SMILES string of the molecule is C#Cc1c(F)ccc2cc(O)cc(-c3ncc4c([N+]5=CCC[C@@H](N(C)C(C)=O)C5)nc(O[C@H]5[C@@H]6CCCN5C[C@H](F)C6)nc4c3F)c12. The van der Waals surface area contributed by atoms with Crippen molar-refractivity contribution in [3.63, 3.8) is 0 Å². The van der Waals surface area contributed by atoms with Crippen LogP contribution in [0.5, 0.6) is 11.8 Å². The number of aromatic nitrogens is 3. The number of hydrogen-bond donors (Lipinski definition) is 1. The van der Waals surface area contributed by atoms with E-state index < -0.39 is 24.0 Å². The summed E-state index contributed by atoms with van der Waals surface area (Å²) >= 11 is 0. The van der Waals surface area contributed by atoms with Crippen LogP contribution < -0.4 is 4.74 Å². The number of ether oxygens (including phenoxy) is 1. The highest BCUT2D eigenvalue weighted by molar-refractivity contribution is 6.02. The van der Waals surface area contributed by atoms with Gasteiger partial charge < -0.3 is 14.7 Å². The van der Waals surface area contributed by atoms with Gasteiger partial charge in [-0.2, -0.15) is 4.98 Å². The molecule has 3 aliphatic heterocycles. The third-order valence-electron chi connectivity index (χ3n) is 9.67. The normalized spacial score (nSPS) is 24.1. The summed E-state index contributed by atoms with van der Waals surface area (Å²) in [5, 5.41) is 11.5. The first-order valence-corrected chi connectivity index (χ1v) is 15.8. The lowest BCUT2D eigenvalue weighted by Gasteiger charge is -2.44. The minimum atomic E-state index is -0.952. The molecule has 242 valence electrons. The van der Waals surface area contributed by atoms with Gasteiger partial charge in [-0.3, -0.25) is 14.7 Å². The maximum absolute atomic E-state index is 16.9. The minimum absolute atomic E-state index is 0.0704. The van der Waals surface area contributed by atoms with Gasteiger partial charge in [-0.05, 0) is 49.3 Å². The average Bonchev–Trinajstić information content (AvgIpc) is 3.05. The molecule has 2 aromatic carbocycles. The number of alkyl halides is 1. The van der Waals surface area contributed by atoms with Crippen LogP contribution in [0.25, 0.3) is 32.9 Å². The van der Waals surface area contributed by atoms with E-state index in [0.29, 0.717) is 42.5 Å². The van der Waals surface area contributed by atoms with E-state index >= 15 is 4.39 Å². The molecule has 1 amide bonds. The Hall–Kier alpha value is -4.76. The van der Waals surface area contributed by atoms with Crippen molar-refractivity contribution in [3.05, 3.63) is 47.7 Å². The van der Waals surface area contributed by atoms with Gasteiger partial charge in [0.1, 0.15) is 40.9 Å². The number of hydrogen-bond acceptors (Lipinski definition) is 7. The molecule has 9 nitrogen and oxygen atoms in total. The maximum Gasteiger partial charge on any atom is 0.436 e. The number of likely N-dealkylation sites (N-methyl/N-ethyl adjacent to an activating group) is 1. The first-order valence-electron chi connectivity index (χ1n) is 15.8. The Morgan fingerprint density at radius 2 is 2.06 bits per heavy atom. The third kappa shape index (κ3) is 5.52. The van der Waals surface area contributed by atoms with E-state index in [1.165, 1.54) is 37.4 Å². The van der Waals surface area contributed by atoms with Crippen molar-refractivity contribution >= 4 is 39.6 Å². The molecule has 1 N–H and O–H groups in total. The van der Waals surface area contributed by atoms with Gasteiger partial charge in [-0.15, -0.1) is 6.42 Å². The van der Waals surface area contributed by atoms with E-state index in [1.54, 1.807) is 11.9 Å². The number of carbonyl (C=O) groups excluding carboxylic acids is 1. The Morgan fingerprint density at radius 1 is 1.23 bits per heavy atom. The fraction of sp³-hybridized carbons (Fsp3) is 0.400. The number of phenolic OH excluding ortho intramolecular Hbond substituents is 1. The Balaban J connectivity index is 1.41. The molecule has 2 bridgehead atoms. The zero-order chi connectivity index (χ0) is 33.0. The van der Waals surface area contributed by atoms with E-state index in [-0.39, 0.29) is 63.9 Å². The largest absolute Gasteiger partial charge is 0.508 e. The fourth-order valence-corrected chi connectivity index (χ4v) is 7.29. The molecule has 0 radical (unpaired) electrons. The number of terminal acetylenes is 1. The highest BCUT2D eigenvalue weighted by Crippen LogP contribution is 2.40. The predicted molar refractivity (Wildman–Crippen MR) is 170 cm³/mol. The first-order chi connectivity index (χ1) is 22.6. The Kier molecular flexibility index (Phi) is 7.96. The third-order valence-corrected chi connectivity index (χ3v) is 9.67. The van der Waals surface area contributed by atoms with Crippen LogP contribution in [0.15, 0.2) is 30.5 Å². The molecule has 3 aliphatic rings. The minimum Gasteiger partial charge on any atom is -0.508 e. The van der Waals surface area contributed by atoms with Gasteiger partial charge in [0.2, 0.25) is 5.91 Å². The van der Waals surface area contributed by atoms with Gasteiger partial charge in [0.05, 0.1) is 17.8 Å². The van der Waals surface area contributed by atoms with E-state index in [9.17, 15) is 18.7 Å². The molecule has 2 fully saturated rings. The van der Waals surface area contributed by atoms with Crippen LogP contribution in [0.1, 0.15) is 44.6 Å². The molecule has 5 heterocycles. The van der Waals surface area contributed by atoms with E-state index in [4.69, 9.17) is 16.1 Å². The molecule has 12 heteroatoms. The van der Waals surface area contributed by atoms with Gasteiger partial charge in [-0.1, -0.05) is 12.0 Å². The number of piperidine rings is 2. The summed E-state index contributed by atoms with van der Waals surface area (Å²) in [6, 6.07) is 5.17. The number of phenols is 1. The maximum atomic E-state index is 16.9. The summed E-state index contributed by atoms with van der Waals surface area (Å²) < 4.78 is 54.5.